The summed E-state index contributed by atoms with van der Waals surface area (Å²) in [6.07, 6.45) is 2.23. The molecule has 2 atom stereocenters. The van der Waals surface area contributed by atoms with E-state index >= 15 is 0 Å². The number of hydrogen-bond donors (Lipinski definition) is 2. The molecule has 0 bridgehead atoms. The van der Waals surface area contributed by atoms with Gasteiger partial charge in [-0.2, -0.15) is 4.79 Å². The number of benzene rings is 4. The quantitative estimate of drug-likeness (QED) is 0.197. The number of imide groups is 1. The lowest BCUT2D eigenvalue weighted by atomic mass is 9.87. The van der Waals surface area contributed by atoms with Crippen LogP contribution in [-0.2, 0) is 21.4 Å². The van der Waals surface area contributed by atoms with Gasteiger partial charge in [0.2, 0.25) is 0 Å². The second-order valence-corrected chi connectivity index (χ2v) is 13.7. The number of urea groups is 1. The van der Waals surface area contributed by atoms with E-state index in [0.29, 0.717) is 22.7 Å². The highest BCUT2D eigenvalue weighted by Crippen LogP contribution is 2.40. The Bertz CT molecular complexity index is 1800. The predicted octanol–water partition coefficient (Wildman–Crippen LogP) is 9.08. The molecule has 2 N–H and O–H groups in total. The highest BCUT2D eigenvalue weighted by atomic mass is 16.6. The molecule has 4 aromatic rings. The maximum Gasteiger partial charge on any atom is 0.535 e. The van der Waals surface area contributed by atoms with Gasteiger partial charge in [0.25, 0.3) is 0 Å². The summed E-state index contributed by atoms with van der Waals surface area (Å²) in [5.41, 5.74) is 3.91. The van der Waals surface area contributed by atoms with E-state index in [-0.39, 0.29) is 11.8 Å². The number of carboxylic acid groups (broad SMARTS) is 1. The van der Waals surface area contributed by atoms with Gasteiger partial charge in [-0.3, -0.25) is 5.32 Å². The summed E-state index contributed by atoms with van der Waals surface area (Å²) in [6, 6.07) is 28.1. The maximum absolute atomic E-state index is 14.1. The zero-order valence-electron chi connectivity index (χ0n) is 27.6. The van der Waals surface area contributed by atoms with Crippen LogP contribution in [0.1, 0.15) is 58.2 Å². The summed E-state index contributed by atoms with van der Waals surface area (Å²) in [5.74, 6) is -0.0621. The van der Waals surface area contributed by atoms with E-state index in [4.69, 9.17) is 9.47 Å². The van der Waals surface area contributed by atoms with Crippen LogP contribution in [0.2, 0.25) is 0 Å². The Kier molecular flexibility index (Phi) is 9.09. The van der Waals surface area contributed by atoms with E-state index in [1.54, 1.807) is 45.0 Å². The van der Waals surface area contributed by atoms with Gasteiger partial charge >= 0.3 is 18.1 Å². The van der Waals surface area contributed by atoms with Crippen molar-refractivity contribution >= 4 is 29.9 Å². The monoisotopic (exact) mass is 633 g/mol. The lowest BCUT2D eigenvalue weighted by Gasteiger charge is -2.30. The molecule has 0 aliphatic carbocycles. The number of fused-ring (bicyclic) bond motifs is 1. The summed E-state index contributed by atoms with van der Waals surface area (Å²) < 4.78 is 10.8. The average Bonchev–Trinajstić information content (AvgIpc) is 3.40. The Morgan fingerprint density at radius 1 is 0.787 bits per heavy atom. The van der Waals surface area contributed by atoms with E-state index < -0.39 is 34.2 Å². The molecule has 4 aromatic carbocycles. The van der Waals surface area contributed by atoms with Crippen LogP contribution in [0.3, 0.4) is 0 Å². The number of carbonyl (C=O) groups is 3. The highest BCUT2D eigenvalue weighted by molar-refractivity contribution is 6.11. The number of rotatable bonds is 7. The van der Waals surface area contributed by atoms with Crippen LogP contribution < -0.4 is 14.5 Å². The van der Waals surface area contributed by atoms with E-state index in [1.807, 2.05) is 78.9 Å². The van der Waals surface area contributed by atoms with Crippen molar-refractivity contribution < 1.29 is 29.0 Å². The van der Waals surface area contributed by atoms with Crippen molar-refractivity contribution in [2.75, 3.05) is 0 Å². The summed E-state index contributed by atoms with van der Waals surface area (Å²) in [7, 11) is 0. The Hall–Kier alpha value is -5.21. The molecule has 8 heteroatoms. The zero-order chi connectivity index (χ0) is 34.0. The molecule has 0 aromatic heterocycles. The van der Waals surface area contributed by atoms with Crippen molar-refractivity contribution in [3.8, 4) is 22.6 Å². The first-order valence-electron chi connectivity index (χ1n) is 15.6. The Balaban J connectivity index is 1.40. The minimum atomic E-state index is -1.31. The summed E-state index contributed by atoms with van der Waals surface area (Å²) >= 11 is 0. The molecule has 1 aliphatic heterocycles. The molecule has 0 spiro atoms. The van der Waals surface area contributed by atoms with E-state index in [9.17, 15) is 19.5 Å². The van der Waals surface area contributed by atoms with Crippen LogP contribution in [0, 0.1) is 0 Å². The standard InChI is InChI=1S/C39H40N2O6/c1-38(2,3)30-16-18-31(19-17-30)46-32-20-21-34-29(25-32)22-23-41(34,37(45)47-39(4,5)6)36(44)40-33(35(42)43)24-26-12-14-28(15-13-26)27-10-8-7-9-11-27/h7-23,25,33H,24H2,1-6H3,(H-,40,42,43,44)/p+1. The molecule has 3 amide bonds. The molecule has 0 radical (unpaired) electrons. The fourth-order valence-corrected chi connectivity index (χ4v) is 5.39. The van der Waals surface area contributed by atoms with Crippen LogP contribution >= 0.6 is 0 Å². The molecule has 0 fully saturated rings. The zero-order valence-corrected chi connectivity index (χ0v) is 27.6. The van der Waals surface area contributed by atoms with E-state index in [2.05, 4.69) is 26.1 Å². The van der Waals surface area contributed by atoms with Crippen LogP contribution in [-0.4, -0.2) is 34.8 Å². The van der Waals surface area contributed by atoms with Gasteiger partial charge in [-0.25, -0.2) is 9.59 Å². The van der Waals surface area contributed by atoms with Gasteiger partial charge in [0.15, 0.2) is 5.69 Å². The molecule has 1 aliphatic rings. The van der Waals surface area contributed by atoms with Crippen LogP contribution in [0.5, 0.6) is 11.5 Å². The molecule has 242 valence electrons. The number of carboxylic acids is 1. The SMILES string of the molecule is CC(C)(C)OC(=O)[N+]1(C(=O)NC(Cc2ccc(-c3ccccc3)cc2)C(=O)O)C=Cc2cc(Oc3ccc(C(C)(C)C)cc3)ccc21. The number of quaternary nitrogens is 1. The second-order valence-electron chi connectivity index (χ2n) is 13.7. The van der Waals surface area contributed by atoms with Gasteiger partial charge in [0, 0.05) is 24.1 Å². The minimum absolute atomic E-state index is 0.00696. The van der Waals surface area contributed by atoms with Gasteiger partial charge in [-0.1, -0.05) is 92.0 Å². The summed E-state index contributed by atoms with van der Waals surface area (Å²) in [4.78, 5) is 40.3. The van der Waals surface area contributed by atoms with Crippen molar-refractivity contribution in [2.45, 2.75) is 65.0 Å². The van der Waals surface area contributed by atoms with Gasteiger partial charge < -0.3 is 14.6 Å². The number of nitrogens with one attached hydrogen (secondary N) is 1. The number of ether oxygens (including phenoxy) is 2. The summed E-state index contributed by atoms with van der Waals surface area (Å²) in [6.45, 7) is 11.6. The maximum atomic E-state index is 14.1. The van der Waals surface area contributed by atoms with Crippen LogP contribution in [0.15, 0.2) is 103 Å². The topological polar surface area (TPSA) is 102 Å². The lowest BCUT2D eigenvalue weighted by molar-refractivity contribution is -0.139. The van der Waals surface area contributed by atoms with Crippen molar-refractivity contribution in [3.05, 3.63) is 120 Å². The lowest BCUT2D eigenvalue weighted by Crippen LogP contribution is -2.62. The first kappa shape index (κ1) is 33.2. The second kappa shape index (κ2) is 12.9. The predicted molar refractivity (Wildman–Crippen MR) is 184 cm³/mol. The first-order chi connectivity index (χ1) is 22.2. The van der Waals surface area contributed by atoms with Gasteiger partial charge in [0.1, 0.15) is 29.3 Å². The third kappa shape index (κ3) is 7.45. The van der Waals surface area contributed by atoms with Crippen molar-refractivity contribution in [3.63, 3.8) is 0 Å². The normalized spacial score (nSPS) is 16.2. The smallest absolute Gasteiger partial charge is 0.480 e. The third-order valence-electron chi connectivity index (χ3n) is 7.91. The van der Waals surface area contributed by atoms with Crippen LogP contribution in [0.4, 0.5) is 15.3 Å². The van der Waals surface area contributed by atoms with Gasteiger partial charge in [0.05, 0.1) is 0 Å². The number of carbonyl (C=O) groups excluding carboxylic acids is 2. The number of nitrogens with zero attached hydrogens (tertiary/aromatic N) is 1. The minimum Gasteiger partial charge on any atom is -0.480 e. The largest absolute Gasteiger partial charge is 0.535 e. The fourth-order valence-electron chi connectivity index (χ4n) is 5.39. The molecule has 0 saturated carbocycles. The average molecular weight is 634 g/mol. The van der Waals surface area contributed by atoms with Crippen molar-refractivity contribution in [1.29, 1.82) is 0 Å². The molecule has 47 heavy (non-hydrogen) atoms. The van der Waals surface area contributed by atoms with Crippen molar-refractivity contribution in [1.82, 2.24) is 9.80 Å². The van der Waals surface area contributed by atoms with E-state index in [1.165, 1.54) is 11.8 Å². The first-order valence-corrected chi connectivity index (χ1v) is 15.6. The van der Waals surface area contributed by atoms with Crippen LogP contribution in [0.25, 0.3) is 17.2 Å². The molecule has 2 unspecified atom stereocenters. The Morgan fingerprint density at radius 3 is 2.00 bits per heavy atom. The molecule has 8 nitrogen and oxygen atoms in total. The Labute approximate surface area is 275 Å². The fraction of sp³-hybridized carbons (Fsp3) is 0.256. The molecular weight excluding hydrogens is 592 g/mol. The van der Waals surface area contributed by atoms with Gasteiger partial charge in [-0.15, -0.1) is 0 Å². The molecule has 1 heterocycles. The highest BCUT2D eigenvalue weighted by Gasteiger charge is 2.54. The number of amides is 3. The van der Waals surface area contributed by atoms with E-state index in [0.717, 1.165) is 16.7 Å². The molecular formula is C39H41N2O6+. The Morgan fingerprint density at radius 2 is 1.40 bits per heavy atom. The summed E-state index contributed by atoms with van der Waals surface area (Å²) in [5, 5.41) is 12.8. The third-order valence-corrected chi connectivity index (χ3v) is 7.91. The van der Waals surface area contributed by atoms with Gasteiger partial charge in [-0.05, 0) is 72.7 Å². The molecule has 5 rings (SSSR count). The van der Waals surface area contributed by atoms with Crippen molar-refractivity contribution in [2.24, 2.45) is 0 Å². The number of aliphatic carboxylic acids is 1. The number of hydrogen-bond acceptors (Lipinski definition) is 5. The molecule has 0 saturated heterocycles.